The molecule has 1 aliphatic heterocycles. The van der Waals surface area contributed by atoms with Crippen molar-refractivity contribution >= 4 is 0 Å². The Kier molecular flexibility index (Phi) is 1.90. The Bertz CT molecular complexity index is 62.8. The zero-order valence-electron chi connectivity index (χ0n) is 5.85. The quantitative estimate of drug-likeness (QED) is 0.458. The molecule has 1 aliphatic rings. The molecule has 1 heterocycles. The molecule has 0 radical (unpaired) electrons. The lowest BCUT2D eigenvalue weighted by molar-refractivity contribution is 0.221. The van der Waals surface area contributed by atoms with Crippen LogP contribution >= 0.6 is 0 Å². The van der Waals surface area contributed by atoms with Crippen LogP contribution in [0, 0.1) is 5.92 Å². The molecule has 0 amide bonds. The molecule has 0 aromatic rings. The predicted molar refractivity (Wildman–Crippen MR) is 35.9 cm³/mol. The van der Waals surface area contributed by atoms with Crippen LogP contribution in [0.15, 0.2) is 0 Å². The van der Waals surface area contributed by atoms with Crippen LogP contribution in [0.2, 0.25) is 0 Å². The second-order valence-corrected chi connectivity index (χ2v) is 3.01. The molecule has 0 bridgehead atoms. The van der Waals surface area contributed by atoms with E-state index in [1.807, 2.05) is 0 Å². The van der Waals surface area contributed by atoms with Crippen molar-refractivity contribution in [3.63, 3.8) is 0 Å². The molecule has 1 nitrogen and oxygen atoms in total. The number of piperidine rings is 1. The van der Waals surface area contributed by atoms with E-state index in [2.05, 4.69) is 18.9 Å². The first-order valence-corrected chi connectivity index (χ1v) is 3.47. The molecule has 0 saturated carbocycles. The van der Waals surface area contributed by atoms with Gasteiger partial charge in [-0.15, -0.1) is 0 Å². The standard InChI is InChI=1S/C7H15N/c1-7-4-3-5-8(2)6-7/h7H,3-6H2,1-2H3/t7-/m1/s1. The van der Waals surface area contributed by atoms with Crippen LogP contribution in [0.25, 0.3) is 0 Å². The van der Waals surface area contributed by atoms with Gasteiger partial charge in [0.15, 0.2) is 0 Å². The molecule has 1 fully saturated rings. The van der Waals surface area contributed by atoms with Gasteiger partial charge in [0.1, 0.15) is 0 Å². The van der Waals surface area contributed by atoms with Crippen molar-refractivity contribution in [1.29, 1.82) is 0 Å². The molecule has 0 aromatic heterocycles. The first-order chi connectivity index (χ1) is 3.79. The second kappa shape index (κ2) is 2.49. The van der Waals surface area contributed by atoms with Crippen LogP contribution in [0.3, 0.4) is 0 Å². The fourth-order valence-corrected chi connectivity index (χ4v) is 1.42. The van der Waals surface area contributed by atoms with E-state index in [-0.39, 0.29) is 0 Å². The number of hydrogen-bond donors (Lipinski definition) is 0. The van der Waals surface area contributed by atoms with Gasteiger partial charge in [-0.05, 0) is 32.4 Å². The highest BCUT2D eigenvalue weighted by molar-refractivity contribution is 4.65. The summed E-state index contributed by atoms with van der Waals surface area (Å²) < 4.78 is 0. The Labute approximate surface area is 51.7 Å². The lowest BCUT2D eigenvalue weighted by Gasteiger charge is -2.26. The van der Waals surface area contributed by atoms with Crippen molar-refractivity contribution in [3.8, 4) is 0 Å². The van der Waals surface area contributed by atoms with Gasteiger partial charge in [0.25, 0.3) is 0 Å². The summed E-state index contributed by atoms with van der Waals surface area (Å²) in [5.41, 5.74) is 0. The number of rotatable bonds is 0. The molecule has 0 N–H and O–H groups in total. The van der Waals surface area contributed by atoms with Gasteiger partial charge in [0, 0.05) is 6.54 Å². The van der Waals surface area contributed by atoms with E-state index in [1.165, 1.54) is 25.9 Å². The Morgan fingerprint density at radius 3 is 2.62 bits per heavy atom. The Morgan fingerprint density at radius 2 is 2.25 bits per heavy atom. The van der Waals surface area contributed by atoms with Crippen molar-refractivity contribution in [1.82, 2.24) is 4.90 Å². The Morgan fingerprint density at radius 1 is 1.50 bits per heavy atom. The Balaban J connectivity index is 2.23. The smallest absolute Gasteiger partial charge is 0.000398 e. The molecule has 0 aliphatic carbocycles. The minimum absolute atomic E-state index is 0.939. The van der Waals surface area contributed by atoms with Crippen LogP contribution in [-0.2, 0) is 0 Å². The minimum atomic E-state index is 0.939. The summed E-state index contributed by atoms with van der Waals surface area (Å²) in [6.45, 7) is 4.94. The second-order valence-electron chi connectivity index (χ2n) is 3.01. The van der Waals surface area contributed by atoms with E-state index in [0.29, 0.717) is 0 Å². The summed E-state index contributed by atoms with van der Waals surface area (Å²) in [6.07, 6.45) is 2.84. The van der Waals surface area contributed by atoms with Crippen molar-refractivity contribution in [2.45, 2.75) is 19.8 Å². The molecule has 0 unspecified atom stereocenters. The van der Waals surface area contributed by atoms with Crippen LogP contribution in [-0.4, -0.2) is 25.0 Å². The average Bonchev–Trinajstić information content (AvgIpc) is 1.64. The van der Waals surface area contributed by atoms with E-state index in [0.717, 1.165) is 5.92 Å². The molecule has 0 aromatic carbocycles. The lowest BCUT2D eigenvalue weighted by atomic mass is 10.0. The predicted octanol–water partition coefficient (Wildman–Crippen LogP) is 1.35. The van der Waals surface area contributed by atoms with Crippen LogP contribution in [0.5, 0.6) is 0 Å². The highest BCUT2D eigenvalue weighted by Gasteiger charge is 2.11. The molecule has 8 heavy (non-hydrogen) atoms. The van der Waals surface area contributed by atoms with Gasteiger partial charge in [-0.25, -0.2) is 0 Å². The molecule has 48 valence electrons. The van der Waals surface area contributed by atoms with Gasteiger partial charge < -0.3 is 4.90 Å². The van der Waals surface area contributed by atoms with Crippen molar-refractivity contribution in [2.24, 2.45) is 5.92 Å². The zero-order chi connectivity index (χ0) is 5.98. The molecule has 1 heteroatoms. The molecular weight excluding hydrogens is 98.1 g/mol. The molecular formula is C7H15N. The van der Waals surface area contributed by atoms with Crippen molar-refractivity contribution < 1.29 is 0 Å². The van der Waals surface area contributed by atoms with Crippen LogP contribution in [0.4, 0.5) is 0 Å². The maximum atomic E-state index is 2.41. The minimum Gasteiger partial charge on any atom is -0.306 e. The lowest BCUT2D eigenvalue weighted by Crippen LogP contribution is -2.30. The number of hydrogen-bond acceptors (Lipinski definition) is 1. The SMILES string of the molecule is C[C@@H]1CCCN(C)C1. The fraction of sp³-hybridized carbons (Fsp3) is 1.00. The third kappa shape index (κ3) is 1.48. The maximum Gasteiger partial charge on any atom is 0.000398 e. The molecule has 0 spiro atoms. The summed E-state index contributed by atoms with van der Waals surface area (Å²) in [7, 11) is 2.20. The van der Waals surface area contributed by atoms with E-state index in [9.17, 15) is 0 Å². The van der Waals surface area contributed by atoms with Crippen molar-refractivity contribution in [2.75, 3.05) is 20.1 Å². The average molecular weight is 113 g/mol. The summed E-state index contributed by atoms with van der Waals surface area (Å²) in [5, 5.41) is 0. The monoisotopic (exact) mass is 113 g/mol. The van der Waals surface area contributed by atoms with E-state index < -0.39 is 0 Å². The summed E-state index contributed by atoms with van der Waals surface area (Å²) in [5.74, 6) is 0.939. The van der Waals surface area contributed by atoms with Gasteiger partial charge >= 0.3 is 0 Å². The van der Waals surface area contributed by atoms with Crippen LogP contribution in [0.1, 0.15) is 19.8 Å². The van der Waals surface area contributed by atoms with Gasteiger partial charge in [-0.1, -0.05) is 6.92 Å². The summed E-state index contributed by atoms with van der Waals surface area (Å²) in [6, 6.07) is 0. The van der Waals surface area contributed by atoms with Crippen molar-refractivity contribution in [3.05, 3.63) is 0 Å². The first-order valence-electron chi connectivity index (χ1n) is 3.47. The van der Waals surface area contributed by atoms with E-state index in [1.54, 1.807) is 0 Å². The fourth-order valence-electron chi connectivity index (χ4n) is 1.42. The molecule has 1 saturated heterocycles. The van der Waals surface area contributed by atoms with Gasteiger partial charge in [0.2, 0.25) is 0 Å². The number of likely N-dealkylation sites (tertiary alicyclic amines) is 1. The first kappa shape index (κ1) is 6.09. The number of nitrogens with zero attached hydrogens (tertiary/aromatic N) is 1. The third-order valence-corrected chi connectivity index (χ3v) is 1.86. The zero-order valence-corrected chi connectivity index (χ0v) is 5.85. The normalized spacial score (nSPS) is 33.0. The van der Waals surface area contributed by atoms with Crippen LogP contribution < -0.4 is 0 Å². The van der Waals surface area contributed by atoms with E-state index in [4.69, 9.17) is 0 Å². The third-order valence-electron chi connectivity index (χ3n) is 1.86. The van der Waals surface area contributed by atoms with Gasteiger partial charge in [-0.2, -0.15) is 0 Å². The largest absolute Gasteiger partial charge is 0.306 e. The highest BCUT2D eigenvalue weighted by Crippen LogP contribution is 2.12. The van der Waals surface area contributed by atoms with Gasteiger partial charge in [0.05, 0.1) is 0 Å². The van der Waals surface area contributed by atoms with Gasteiger partial charge in [-0.3, -0.25) is 0 Å². The summed E-state index contributed by atoms with van der Waals surface area (Å²) >= 11 is 0. The topological polar surface area (TPSA) is 3.24 Å². The summed E-state index contributed by atoms with van der Waals surface area (Å²) in [4.78, 5) is 2.41. The Hall–Kier alpha value is -0.0400. The van der Waals surface area contributed by atoms with E-state index >= 15 is 0 Å². The highest BCUT2D eigenvalue weighted by atomic mass is 15.1. The molecule has 1 rings (SSSR count). The molecule has 1 atom stereocenters. The maximum absolute atomic E-state index is 2.41.